The van der Waals surface area contributed by atoms with Crippen LogP contribution in [0.25, 0.3) is 0 Å². The molecule has 0 aromatic heterocycles. The van der Waals surface area contributed by atoms with E-state index in [1.807, 2.05) is 0 Å². The number of rotatable bonds is 3. The third-order valence-electron chi connectivity index (χ3n) is 5.40. The highest BCUT2D eigenvalue weighted by Crippen LogP contribution is 2.40. The number of fused-ring (bicyclic) bond motifs is 1. The second-order valence-electron chi connectivity index (χ2n) is 6.75. The zero-order valence-corrected chi connectivity index (χ0v) is 14.0. The van der Waals surface area contributed by atoms with E-state index in [9.17, 15) is 0 Å². The molecule has 1 N–H and O–H groups in total. The lowest BCUT2D eigenvalue weighted by Crippen LogP contribution is -2.39. The molecule has 2 saturated carbocycles. The van der Waals surface area contributed by atoms with Crippen molar-refractivity contribution in [2.75, 3.05) is 0 Å². The molecule has 0 heterocycles. The highest BCUT2D eigenvalue weighted by molar-refractivity contribution is 9.10. The minimum Gasteiger partial charge on any atom is -0.307 e. The highest BCUT2D eigenvalue weighted by atomic mass is 79.9. The summed E-state index contributed by atoms with van der Waals surface area (Å²) in [5, 5.41) is 3.87. The standard InChI is InChI=1S/C18H26BrN/c1-13(14-6-9-17(19)10-7-14)20-18-11-8-15-4-2-3-5-16(15)12-18/h6-7,9-10,13,15-16,18,20H,2-5,8,11-12H2,1H3/t13-,15?,16?,18?/m0/s1. The first-order valence-electron chi connectivity index (χ1n) is 8.24. The van der Waals surface area contributed by atoms with Crippen LogP contribution in [-0.4, -0.2) is 6.04 Å². The number of benzene rings is 1. The molecule has 2 heteroatoms. The molecule has 2 fully saturated rings. The van der Waals surface area contributed by atoms with Crippen molar-refractivity contribution in [3.05, 3.63) is 34.3 Å². The van der Waals surface area contributed by atoms with Crippen LogP contribution in [0.5, 0.6) is 0 Å². The molecule has 0 amide bonds. The number of hydrogen-bond donors (Lipinski definition) is 1. The maximum atomic E-state index is 3.87. The van der Waals surface area contributed by atoms with Crippen LogP contribution in [0.3, 0.4) is 0 Å². The molecule has 3 unspecified atom stereocenters. The molecule has 20 heavy (non-hydrogen) atoms. The van der Waals surface area contributed by atoms with Gasteiger partial charge in [0.1, 0.15) is 0 Å². The van der Waals surface area contributed by atoms with Crippen molar-refractivity contribution >= 4 is 15.9 Å². The lowest BCUT2D eigenvalue weighted by molar-refractivity contribution is 0.139. The number of halogens is 1. The second-order valence-corrected chi connectivity index (χ2v) is 7.67. The second kappa shape index (κ2) is 6.62. The van der Waals surface area contributed by atoms with Crippen molar-refractivity contribution in [2.24, 2.45) is 11.8 Å². The summed E-state index contributed by atoms with van der Waals surface area (Å²) in [6, 6.07) is 9.94. The quantitative estimate of drug-likeness (QED) is 0.773. The fraction of sp³-hybridized carbons (Fsp3) is 0.667. The van der Waals surface area contributed by atoms with Gasteiger partial charge in [0.2, 0.25) is 0 Å². The Kier molecular flexibility index (Phi) is 4.83. The maximum absolute atomic E-state index is 3.87. The smallest absolute Gasteiger partial charge is 0.0294 e. The van der Waals surface area contributed by atoms with Crippen LogP contribution in [0, 0.1) is 11.8 Å². The van der Waals surface area contributed by atoms with Gasteiger partial charge in [-0.15, -0.1) is 0 Å². The van der Waals surface area contributed by atoms with Crippen LogP contribution in [0.2, 0.25) is 0 Å². The van der Waals surface area contributed by atoms with Crippen molar-refractivity contribution in [3.63, 3.8) is 0 Å². The lowest BCUT2D eigenvalue weighted by atomic mass is 9.69. The van der Waals surface area contributed by atoms with Gasteiger partial charge in [-0.2, -0.15) is 0 Å². The Bertz CT molecular complexity index is 428. The fourth-order valence-electron chi connectivity index (χ4n) is 4.23. The van der Waals surface area contributed by atoms with Gasteiger partial charge < -0.3 is 5.32 Å². The van der Waals surface area contributed by atoms with Gasteiger partial charge in [-0.1, -0.05) is 53.7 Å². The molecule has 1 aromatic rings. The third kappa shape index (κ3) is 3.46. The van der Waals surface area contributed by atoms with Crippen LogP contribution >= 0.6 is 15.9 Å². The largest absolute Gasteiger partial charge is 0.307 e. The molecule has 0 aliphatic heterocycles. The topological polar surface area (TPSA) is 12.0 Å². The Labute approximate surface area is 131 Å². The maximum Gasteiger partial charge on any atom is 0.0294 e. The first kappa shape index (κ1) is 14.6. The molecule has 2 aliphatic carbocycles. The summed E-state index contributed by atoms with van der Waals surface area (Å²) < 4.78 is 1.16. The van der Waals surface area contributed by atoms with Crippen molar-refractivity contribution in [1.29, 1.82) is 0 Å². The Morgan fingerprint density at radius 3 is 2.45 bits per heavy atom. The molecule has 0 radical (unpaired) electrons. The van der Waals surface area contributed by atoms with Gasteiger partial charge in [0.25, 0.3) is 0 Å². The van der Waals surface area contributed by atoms with E-state index in [0.717, 1.165) is 22.4 Å². The molecule has 1 nitrogen and oxygen atoms in total. The summed E-state index contributed by atoms with van der Waals surface area (Å²) in [4.78, 5) is 0. The van der Waals surface area contributed by atoms with E-state index in [-0.39, 0.29) is 0 Å². The average molecular weight is 336 g/mol. The van der Waals surface area contributed by atoms with E-state index in [0.29, 0.717) is 6.04 Å². The average Bonchev–Trinajstić information content (AvgIpc) is 2.48. The van der Waals surface area contributed by atoms with E-state index in [1.165, 1.54) is 50.5 Å². The van der Waals surface area contributed by atoms with Gasteiger partial charge in [0.15, 0.2) is 0 Å². The first-order chi connectivity index (χ1) is 9.72. The summed E-state index contributed by atoms with van der Waals surface area (Å²) >= 11 is 3.51. The molecule has 2 aliphatic rings. The summed E-state index contributed by atoms with van der Waals surface area (Å²) in [5.41, 5.74) is 1.40. The van der Waals surface area contributed by atoms with E-state index in [1.54, 1.807) is 0 Å². The summed E-state index contributed by atoms with van der Waals surface area (Å²) in [6.45, 7) is 2.30. The van der Waals surface area contributed by atoms with Gasteiger partial charge in [0.05, 0.1) is 0 Å². The van der Waals surface area contributed by atoms with Crippen LogP contribution < -0.4 is 5.32 Å². The van der Waals surface area contributed by atoms with Crippen molar-refractivity contribution in [1.82, 2.24) is 5.32 Å². The fourth-order valence-corrected chi connectivity index (χ4v) is 4.49. The molecule has 0 bridgehead atoms. The monoisotopic (exact) mass is 335 g/mol. The highest BCUT2D eigenvalue weighted by Gasteiger charge is 2.32. The lowest BCUT2D eigenvalue weighted by Gasteiger charge is -2.40. The molecule has 4 atom stereocenters. The SMILES string of the molecule is C[C@H](NC1CCC2CCCCC2C1)c1ccc(Br)cc1. The van der Waals surface area contributed by atoms with Crippen LogP contribution in [0.4, 0.5) is 0 Å². The van der Waals surface area contributed by atoms with Gasteiger partial charge in [-0.25, -0.2) is 0 Å². The van der Waals surface area contributed by atoms with Gasteiger partial charge in [-0.05, 0) is 55.7 Å². The van der Waals surface area contributed by atoms with E-state index in [4.69, 9.17) is 0 Å². The molecular formula is C18H26BrN. The Hall–Kier alpha value is -0.340. The minimum atomic E-state index is 0.466. The van der Waals surface area contributed by atoms with Crippen LogP contribution in [-0.2, 0) is 0 Å². The molecular weight excluding hydrogens is 310 g/mol. The zero-order chi connectivity index (χ0) is 13.9. The minimum absolute atomic E-state index is 0.466. The molecule has 110 valence electrons. The van der Waals surface area contributed by atoms with Gasteiger partial charge in [-0.3, -0.25) is 0 Å². The summed E-state index contributed by atoms with van der Waals surface area (Å²) in [7, 11) is 0. The molecule has 0 saturated heterocycles. The van der Waals surface area contributed by atoms with E-state index < -0.39 is 0 Å². The molecule has 0 spiro atoms. The number of hydrogen-bond acceptors (Lipinski definition) is 1. The van der Waals surface area contributed by atoms with Crippen molar-refractivity contribution in [2.45, 2.75) is 64.0 Å². The van der Waals surface area contributed by atoms with Gasteiger partial charge in [0, 0.05) is 16.6 Å². The summed E-state index contributed by atoms with van der Waals surface area (Å²) in [6.07, 6.45) is 10.2. The Balaban J connectivity index is 1.56. The first-order valence-corrected chi connectivity index (χ1v) is 9.03. The van der Waals surface area contributed by atoms with E-state index >= 15 is 0 Å². The zero-order valence-electron chi connectivity index (χ0n) is 12.4. The number of nitrogens with one attached hydrogen (secondary N) is 1. The predicted octanol–water partition coefficient (Wildman–Crippen LogP) is 5.46. The van der Waals surface area contributed by atoms with Gasteiger partial charge >= 0.3 is 0 Å². The Morgan fingerprint density at radius 2 is 1.70 bits per heavy atom. The van der Waals surface area contributed by atoms with E-state index in [2.05, 4.69) is 52.4 Å². The molecule has 1 aromatic carbocycles. The summed E-state index contributed by atoms with van der Waals surface area (Å²) in [5.74, 6) is 2.05. The van der Waals surface area contributed by atoms with Crippen LogP contribution in [0.15, 0.2) is 28.7 Å². The van der Waals surface area contributed by atoms with Crippen molar-refractivity contribution in [3.8, 4) is 0 Å². The van der Waals surface area contributed by atoms with Crippen molar-refractivity contribution < 1.29 is 0 Å². The third-order valence-corrected chi connectivity index (χ3v) is 5.92. The predicted molar refractivity (Wildman–Crippen MR) is 88.8 cm³/mol. The normalized spacial score (nSPS) is 31.6. The molecule has 3 rings (SSSR count). The van der Waals surface area contributed by atoms with Crippen LogP contribution in [0.1, 0.15) is 63.5 Å². The Morgan fingerprint density at radius 1 is 1.00 bits per heavy atom.